The lowest BCUT2D eigenvalue weighted by Crippen LogP contribution is -2.05. The Morgan fingerprint density at radius 1 is 0.535 bits per heavy atom. The molecule has 2 nitrogen and oxygen atoms in total. The van der Waals surface area contributed by atoms with Crippen LogP contribution >= 0.6 is 23.2 Å². The number of aryl methyl sites for hydroxylation is 1. The van der Waals surface area contributed by atoms with E-state index in [1.807, 2.05) is 30.3 Å². The van der Waals surface area contributed by atoms with Gasteiger partial charge in [0.2, 0.25) is 0 Å². The molecule has 236 valence electrons. The quantitative estimate of drug-likeness (QED) is 0.140. The molecular weight excluding hydrogens is 571 g/mol. The Labute approximate surface area is 272 Å². The number of benzene rings is 3. The minimum Gasteiger partial charge on any atom is -0.494 e. The number of hydrogen-bond donors (Lipinski definition) is 0. The van der Waals surface area contributed by atoms with Gasteiger partial charge in [-0.3, -0.25) is 0 Å². The molecule has 0 aliphatic rings. The molecule has 0 saturated carbocycles. The lowest BCUT2D eigenvalue weighted by Gasteiger charge is -2.16. The van der Waals surface area contributed by atoms with Crippen molar-refractivity contribution < 1.29 is 9.47 Å². The molecule has 3 rings (SSSR count). The molecule has 0 aromatic heterocycles. The van der Waals surface area contributed by atoms with Crippen molar-refractivity contribution in [2.45, 2.75) is 99.8 Å². The van der Waals surface area contributed by atoms with Gasteiger partial charge in [0.05, 0.1) is 13.2 Å². The summed E-state index contributed by atoms with van der Waals surface area (Å²) < 4.78 is 12.1. The molecule has 0 amide bonds. The van der Waals surface area contributed by atoms with Gasteiger partial charge in [0.25, 0.3) is 0 Å². The molecule has 3 aromatic carbocycles. The average molecular weight is 626 g/mol. The molecule has 2 atom stereocenters. The Kier molecular flexibility index (Phi) is 14.8. The van der Waals surface area contributed by atoms with Gasteiger partial charge < -0.3 is 9.47 Å². The van der Waals surface area contributed by atoms with Crippen LogP contribution in [0.25, 0.3) is 22.3 Å². The first-order chi connectivity index (χ1) is 20.5. The third kappa shape index (κ3) is 12.0. The second-order valence-corrected chi connectivity index (χ2v) is 14.3. The third-order valence-corrected chi connectivity index (χ3v) is 9.05. The maximum Gasteiger partial charge on any atom is 0.119 e. The number of halogens is 2. The van der Waals surface area contributed by atoms with E-state index in [0.717, 1.165) is 77.2 Å². The number of rotatable bonds is 18. The predicted octanol–water partition coefficient (Wildman–Crippen LogP) is 13.1. The van der Waals surface area contributed by atoms with Crippen LogP contribution in [0.5, 0.6) is 11.5 Å². The Morgan fingerprint density at radius 2 is 1.02 bits per heavy atom. The molecule has 0 spiro atoms. The predicted molar refractivity (Wildman–Crippen MR) is 188 cm³/mol. The maximum atomic E-state index is 6.85. The summed E-state index contributed by atoms with van der Waals surface area (Å²) in [7, 11) is 0. The van der Waals surface area contributed by atoms with Gasteiger partial charge in [-0.2, -0.15) is 0 Å². The molecule has 0 saturated heterocycles. The maximum absolute atomic E-state index is 6.85. The van der Waals surface area contributed by atoms with Gasteiger partial charge in [-0.15, -0.1) is 0 Å². The highest BCUT2D eigenvalue weighted by atomic mass is 35.5. The molecule has 0 heterocycles. The molecular formula is C39H54Cl2O2. The van der Waals surface area contributed by atoms with E-state index in [1.54, 1.807) is 0 Å². The Hall–Kier alpha value is -2.16. The molecule has 0 radical (unpaired) electrons. The largest absolute Gasteiger partial charge is 0.494 e. The van der Waals surface area contributed by atoms with Crippen molar-refractivity contribution in [2.24, 2.45) is 23.7 Å². The van der Waals surface area contributed by atoms with Gasteiger partial charge >= 0.3 is 0 Å². The third-order valence-electron chi connectivity index (χ3n) is 8.43. The lowest BCUT2D eigenvalue weighted by atomic mass is 9.97. The standard InChI is InChI=1S/C39H54Cl2O2/c1-27(2)10-8-12-29(5)20-22-42-33-16-14-32(15-17-33)36-25-39(41)37(26-38(36)40)35-19-18-34(24-31(35)7)43-23-21-30(6)13-9-11-28(3)4/h14-19,24-30H,8-13,20-23H2,1-7H3. The minimum absolute atomic E-state index is 0.675. The minimum atomic E-state index is 0.675. The fourth-order valence-corrected chi connectivity index (χ4v) is 6.07. The highest BCUT2D eigenvalue weighted by Crippen LogP contribution is 2.40. The zero-order valence-corrected chi connectivity index (χ0v) is 29.2. The number of ether oxygens (including phenoxy) is 2. The Morgan fingerprint density at radius 3 is 1.56 bits per heavy atom. The van der Waals surface area contributed by atoms with Crippen molar-refractivity contribution in [2.75, 3.05) is 13.2 Å². The smallest absolute Gasteiger partial charge is 0.119 e. The average Bonchev–Trinajstić information content (AvgIpc) is 2.94. The van der Waals surface area contributed by atoms with E-state index in [4.69, 9.17) is 32.7 Å². The zero-order chi connectivity index (χ0) is 31.4. The zero-order valence-electron chi connectivity index (χ0n) is 27.6. The normalized spacial score (nSPS) is 13.0. The van der Waals surface area contributed by atoms with E-state index in [0.29, 0.717) is 21.9 Å². The molecule has 0 aliphatic heterocycles. The first-order valence-corrected chi connectivity index (χ1v) is 17.2. The van der Waals surface area contributed by atoms with Crippen LogP contribution in [0.3, 0.4) is 0 Å². The van der Waals surface area contributed by atoms with Gasteiger partial charge in [0.15, 0.2) is 0 Å². The lowest BCUT2D eigenvalue weighted by molar-refractivity contribution is 0.275. The van der Waals surface area contributed by atoms with Crippen LogP contribution in [0.1, 0.15) is 98.5 Å². The van der Waals surface area contributed by atoms with Gasteiger partial charge in [-0.05, 0) is 96.5 Å². The van der Waals surface area contributed by atoms with Gasteiger partial charge in [-0.1, -0.05) is 121 Å². The van der Waals surface area contributed by atoms with Gasteiger partial charge in [0, 0.05) is 21.2 Å². The summed E-state index contributed by atoms with van der Waals surface area (Å²) in [6.45, 7) is 17.4. The van der Waals surface area contributed by atoms with Crippen molar-refractivity contribution in [3.05, 3.63) is 70.2 Å². The SMILES string of the molecule is Cc1cc(OCCC(C)CCCC(C)C)ccc1-c1cc(Cl)c(-c2ccc(OCCC(C)CCCC(C)C)cc2)cc1Cl. The molecule has 0 fully saturated rings. The van der Waals surface area contributed by atoms with Gasteiger partial charge in [-0.25, -0.2) is 0 Å². The molecule has 0 bridgehead atoms. The van der Waals surface area contributed by atoms with Crippen LogP contribution in [0, 0.1) is 30.6 Å². The highest BCUT2D eigenvalue weighted by molar-refractivity contribution is 6.37. The Bertz CT molecular complexity index is 1250. The monoisotopic (exact) mass is 624 g/mol. The molecule has 43 heavy (non-hydrogen) atoms. The van der Waals surface area contributed by atoms with E-state index < -0.39 is 0 Å². The summed E-state index contributed by atoms with van der Waals surface area (Å²) in [5, 5.41) is 1.35. The van der Waals surface area contributed by atoms with E-state index in [9.17, 15) is 0 Å². The van der Waals surface area contributed by atoms with Crippen LogP contribution in [0.2, 0.25) is 10.0 Å². The molecule has 4 heteroatoms. The van der Waals surface area contributed by atoms with Crippen LogP contribution in [-0.2, 0) is 0 Å². The summed E-state index contributed by atoms with van der Waals surface area (Å²) in [4.78, 5) is 0. The van der Waals surface area contributed by atoms with Crippen LogP contribution in [0.15, 0.2) is 54.6 Å². The first kappa shape index (κ1) is 35.3. The molecule has 0 aliphatic carbocycles. The van der Waals surface area contributed by atoms with Gasteiger partial charge in [0.1, 0.15) is 11.5 Å². The summed E-state index contributed by atoms with van der Waals surface area (Å²) in [6.07, 6.45) is 9.90. The van der Waals surface area contributed by atoms with Crippen LogP contribution < -0.4 is 9.47 Å². The first-order valence-electron chi connectivity index (χ1n) is 16.5. The van der Waals surface area contributed by atoms with Crippen molar-refractivity contribution in [1.29, 1.82) is 0 Å². The summed E-state index contributed by atoms with van der Waals surface area (Å²) >= 11 is 13.7. The van der Waals surface area contributed by atoms with Crippen molar-refractivity contribution in [3.63, 3.8) is 0 Å². The van der Waals surface area contributed by atoms with E-state index in [2.05, 4.69) is 72.7 Å². The van der Waals surface area contributed by atoms with Crippen molar-refractivity contribution in [3.8, 4) is 33.8 Å². The second-order valence-electron chi connectivity index (χ2n) is 13.4. The van der Waals surface area contributed by atoms with E-state index in [1.165, 1.54) is 38.5 Å². The summed E-state index contributed by atoms with van der Waals surface area (Å²) in [6, 6.07) is 18.3. The molecule has 2 unspecified atom stereocenters. The van der Waals surface area contributed by atoms with Crippen molar-refractivity contribution in [1.82, 2.24) is 0 Å². The van der Waals surface area contributed by atoms with E-state index in [-0.39, 0.29) is 0 Å². The van der Waals surface area contributed by atoms with Crippen LogP contribution in [0.4, 0.5) is 0 Å². The highest BCUT2D eigenvalue weighted by Gasteiger charge is 2.14. The number of hydrogen-bond acceptors (Lipinski definition) is 2. The van der Waals surface area contributed by atoms with Crippen molar-refractivity contribution >= 4 is 23.2 Å². The summed E-state index contributed by atoms with van der Waals surface area (Å²) in [5.74, 6) is 4.71. The Balaban J connectivity index is 1.56. The second kappa shape index (κ2) is 18.0. The summed E-state index contributed by atoms with van der Waals surface area (Å²) in [5.41, 5.74) is 5.05. The van der Waals surface area contributed by atoms with Crippen LogP contribution in [-0.4, -0.2) is 13.2 Å². The topological polar surface area (TPSA) is 18.5 Å². The van der Waals surface area contributed by atoms with E-state index >= 15 is 0 Å². The fraction of sp³-hybridized carbons (Fsp3) is 0.538. The molecule has 0 N–H and O–H groups in total. The fourth-order valence-electron chi connectivity index (χ4n) is 5.53. The molecule has 3 aromatic rings.